The molecule has 2 aliphatic carbocycles. The van der Waals surface area contributed by atoms with Crippen molar-refractivity contribution < 1.29 is 0 Å². The van der Waals surface area contributed by atoms with Crippen molar-refractivity contribution in [3.8, 4) is 0 Å². The predicted octanol–water partition coefficient (Wildman–Crippen LogP) is 3.86. The third-order valence-corrected chi connectivity index (χ3v) is 4.60. The van der Waals surface area contributed by atoms with E-state index in [1.54, 1.807) is 0 Å². The quantitative estimate of drug-likeness (QED) is 0.555. The molecular weight excluding hydrogens is 144 g/mol. The van der Waals surface area contributed by atoms with Gasteiger partial charge >= 0.3 is 0 Å². The summed E-state index contributed by atoms with van der Waals surface area (Å²) >= 11 is 0. The van der Waals surface area contributed by atoms with Crippen LogP contribution < -0.4 is 0 Å². The highest BCUT2D eigenvalue weighted by Crippen LogP contribution is 2.52. The summed E-state index contributed by atoms with van der Waals surface area (Å²) in [6.07, 6.45) is 7.59. The van der Waals surface area contributed by atoms with E-state index < -0.39 is 0 Å². The van der Waals surface area contributed by atoms with Gasteiger partial charge in [-0.25, -0.2) is 0 Å². The van der Waals surface area contributed by atoms with E-state index in [-0.39, 0.29) is 0 Å². The van der Waals surface area contributed by atoms with E-state index in [0.29, 0.717) is 5.41 Å². The molecule has 0 bridgehead atoms. The monoisotopic (exact) mass is 166 g/mol. The Kier molecular flexibility index (Phi) is 1.97. The minimum absolute atomic E-state index is 0.639. The molecule has 0 heteroatoms. The van der Waals surface area contributed by atoms with Crippen LogP contribution >= 0.6 is 0 Å². The Balaban J connectivity index is 1.95. The van der Waals surface area contributed by atoms with Gasteiger partial charge in [-0.05, 0) is 36.0 Å². The Hall–Kier alpha value is 0. The average Bonchev–Trinajstić information content (AvgIpc) is 2.02. The molecule has 2 saturated carbocycles. The highest BCUT2D eigenvalue weighted by atomic mass is 14.5. The summed E-state index contributed by atoms with van der Waals surface area (Å²) < 4.78 is 0. The number of hydrogen-bond acceptors (Lipinski definition) is 0. The molecule has 70 valence electrons. The Morgan fingerprint density at radius 1 is 1.08 bits per heavy atom. The fourth-order valence-electron chi connectivity index (χ4n) is 3.00. The Morgan fingerprint density at radius 2 is 1.75 bits per heavy atom. The van der Waals surface area contributed by atoms with E-state index in [1.807, 2.05) is 0 Å². The molecule has 0 aliphatic heterocycles. The average molecular weight is 166 g/mol. The molecule has 2 unspecified atom stereocenters. The fraction of sp³-hybridized carbons (Fsp3) is 1.00. The summed E-state index contributed by atoms with van der Waals surface area (Å²) in [6, 6.07) is 0. The van der Waals surface area contributed by atoms with Crippen LogP contribution in [-0.2, 0) is 0 Å². The van der Waals surface area contributed by atoms with Crippen molar-refractivity contribution >= 4 is 0 Å². The normalized spacial score (nSPS) is 41.2. The third-order valence-electron chi connectivity index (χ3n) is 4.60. The summed E-state index contributed by atoms with van der Waals surface area (Å²) in [7, 11) is 0. The van der Waals surface area contributed by atoms with Crippen LogP contribution in [0.4, 0.5) is 0 Å². The van der Waals surface area contributed by atoms with Crippen LogP contribution in [0, 0.1) is 23.2 Å². The summed E-state index contributed by atoms with van der Waals surface area (Å²) in [6.45, 7) is 7.35. The van der Waals surface area contributed by atoms with Gasteiger partial charge in [0.2, 0.25) is 0 Å². The first-order valence-corrected chi connectivity index (χ1v) is 5.59. The first-order chi connectivity index (χ1) is 5.59. The minimum Gasteiger partial charge on any atom is -0.0620 e. The Morgan fingerprint density at radius 3 is 2.08 bits per heavy atom. The van der Waals surface area contributed by atoms with Gasteiger partial charge in [-0.15, -0.1) is 0 Å². The van der Waals surface area contributed by atoms with Crippen LogP contribution in [0.5, 0.6) is 0 Å². The van der Waals surface area contributed by atoms with Gasteiger partial charge in [0.1, 0.15) is 0 Å². The zero-order chi connectivity index (χ0) is 8.77. The number of rotatable bonds is 1. The SMILES string of the molecule is CC1CC(C2CCC2)CC1(C)C. The number of hydrogen-bond donors (Lipinski definition) is 0. The molecule has 2 rings (SSSR count). The standard InChI is InChI=1S/C12H22/c1-9-7-11(8-12(9,2)3)10-5-4-6-10/h9-11H,4-8H2,1-3H3. The second-order valence-corrected chi connectivity index (χ2v) is 5.78. The van der Waals surface area contributed by atoms with E-state index in [0.717, 1.165) is 17.8 Å². The maximum absolute atomic E-state index is 2.45. The zero-order valence-corrected chi connectivity index (χ0v) is 8.77. The van der Waals surface area contributed by atoms with Crippen LogP contribution in [0.25, 0.3) is 0 Å². The molecule has 0 N–H and O–H groups in total. The van der Waals surface area contributed by atoms with Gasteiger partial charge in [-0.1, -0.05) is 40.0 Å². The van der Waals surface area contributed by atoms with Crippen LogP contribution in [0.1, 0.15) is 52.9 Å². The fourth-order valence-corrected chi connectivity index (χ4v) is 3.00. The molecule has 0 amide bonds. The lowest BCUT2D eigenvalue weighted by Crippen LogP contribution is -2.20. The highest BCUT2D eigenvalue weighted by Gasteiger charge is 2.41. The summed E-state index contributed by atoms with van der Waals surface area (Å²) in [5, 5.41) is 0. The van der Waals surface area contributed by atoms with Crippen molar-refractivity contribution in [2.75, 3.05) is 0 Å². The molecule has 0 aromatic heterocycles. The third kappa shape index (κ3) is 1.30. The lowest BCUT2D eigenvalue weighted by Gasteiger charge is -2.32. The molecule has 12 heavy (non-hydrogen) atoms. The smallest absolute Gasteiger partial charge is 0.0326 e. The van der Waals surface area contributed by atoms with Gasteiger partial charge < -0.3 is 0 Å². The molecule has 0 radical (unpaired) electrons. The van der Waals surface area contributed by atoms with Gasteiger partial charge in [0.15, 0.2) is 0 Å². The Labute approximate surface area is 76.7 Å². The topological polar surface area (TPSA) is 0 Å². The van der Waals surface area contributed by atoms with Gasteiger partial charge in [0.25, 0.3) is 0 Å². The molecule has 0 heterocycles. The van der Waals surface area contributed by atoms with Gasteiger partial charge in [-0.3, -0.25) is 0 Å². The van der Waals surface area contributed by atoms with E-state index in [1.165, 1.54) is 32.1 Å². The molecule has 2 atom stereocenters. The van der Waals surface area contributed by atoms with Crippen molar-refractivity contribution in [3.63, 3.8) is 0 Å². The molecule has 2 aliphatic rings. The summed E-state index contributed by atoms with van der Waals surface area (Å²) in [5.74, 6) is 3.17. The molecule has 0 nitrogen and oxygen atoms in total. The van der Waals surface area contributed by atoms with Crippen LogP contribution in [0.15, 0.2) is 0 Å². The lowest BCUT2D eigenvalue weighted by atomic mass is 9.74. The lowest BCUT2D eigenvalue weighted by molar-refractivity contribution is 0.195. The second kappa shape index (κ2) is 2.75. The van der Waals surface area contributed by atoms with E-state index in [2.05, 4.69) is 20.8 Å². The summed E-state index contributed by atoms with van der Waals surface area (Å²) in [5.41, 5.74) is 0.639. The maximum atomic E-state index is 2.45. The van der Waals surface area contributed by atoms with E-state index in [4.69, 9.17) is 0 Å². The van der Waals surface area contributed by atoms with Crippen molar-refractivity contribution in [1.29, 1.82) is 0 Å². The van der Waals surface area contributed by atoms with E-state index in [9.17, 15) is 0 Å². The molecule has 0 aromatic rings. The maximum Gasteiger partial charge on any atom is -0.0326 e. The minimum atomic E-state index is 0.639. The van der Waals surface area contributed by atoms with E-state index >= 15 is 0 Å². The van der Waals surface area contributed by atoms with Crippen LogP contribution in [-0.4, -0.2) is 0 Å². The largest absolute Gasteiger partial charge is 0.0620 e. The van der Waals surface area contributed by atoms with Gasteiger partial charge in [0.05, 0.1) is 0 Å². The van der Waals surface area contributed by atoms with Gasteiger partial charge in [-0.2, -0.15) is 0 Å². The molecule has 2 fully saturated rings. The van der Waals surface area contributed by atoms with Crippen molar-refractivity contribution in [3.05, 3.63) is 0 Å². The highest BCUT2D eigenvalue weighted by molar-refractivity contribution is 4.92. The molecule has 0 spiro atoms. The zero-order valence-electron chi connectivity index (χ0n) is 8.77. The van der Waals surface area contributed by atoms with Gasteiger partial charge in [0, 0.05) is 0 Å². The summed E-state index contributed by atoms with van der Waals surface area (Å²) in [4.78, 5) is 0. The Bertz CT molecular complexity index is 165. The molecular formula is C12H22. The molecule has 0 saturated heterocycles. The van der Waals surface area contributed by atoms with Crippen molar-refractivity contribution in [1.82, 2.24) is 0 Å². The first kappa shape index (κ1) is 8.59. The molecule has 0 aromatic carbocycles. The predicted molar refractivity (Wildman–Crippen MR) is 53.0 cm³/mol. The second-order valence-electron chi connectivity index (χ2n) is 5.78. The van der Waals surface area contributed by atoms with Crippen molar-refractivity contribution in [2.45, 2.75) is 52.9 Å². The van der Waals surface area contributed by atoms with Crippen molar-refractivity contribution in [2.24, 2.45) is 23.2 Å². The van der Waals surface area contributed by atoms with Crippen LogP contribution in [0.2, 0.25) is 0 Å². The first-order valence-electron chi connectivity index (χ1n) is 5.59. The van der Waals surface area contributed by atoms with Crippen LogP contribution in [0.3, 0.4) is 0 Å².